The van der Waals surface area contributed by atoms with E-state index in [4.69, 9.17) is 25.2 Å². The molecule has 12 nitrogen and oxygen atoms in total. The lowest BCUT2D eigenvalue weighted by atomic mass is 10.2. The predicted molar refractivity (Wildman–Crippen MR) is 78.8 cm³/mol. The van der Waals surface area contributed by atoms with Crippen molar-refractivity contribution in [2.45, 2.75) is 24.7 Å². The number of rotatable bonds is 6. The SMILES string of the molecule is COC1[C@@H](O)[C@@H](OOP(O)CO)O[C@H]1n1cnc2c(N)ncnc21. The molecule has 5 N–H and O–H groups in total. The van der Waals surface area contributed by atoms with E-state index in [2.05, 4.69) is 19.6 Å². The molecule has 0 radical (unpaired) electrons. The first-order valence-electron chi connectivity index (χ1n) is 6.77. The smallest absolute Gasteiger partial charge is 0.232 e. The molecule has 3 heterocycles. The monoisotopic (exact) mass is 361 g/mol. The third-order valence-electron chi connectivity index (χ3n) is 3.45. The number of hydrogen-bond acceptors (Lipinski definition) is 11. The second-order valence-corrected chi connectivity index (χ2v) is 5.97. The number of methoxy groups -OCH3 is 1. The molecule has 5 atom stereocenters. The van der Waals surface area contributed by atoms with Gasteiger partial charge in [0.15, 0.2) is 17.7 Å². The van der Waals surface area contributed by atoms with Crippen molar-refractivity contribution in [1.29, 1.82) is 0 Å². The molecule has 0 aliphatic carbocycles. The average Bonchev–Trinajstić information content (AvgIpc) is 3.14. The Bertz CT molecular complexity index is 702. The number of aliphatic hydroxyl groups is 2. The summed E-state index contributed by atoms with van der Waals surface area (Å²) >= 11 is 0. The minimum absolute atomic E-state index is 0.205. The first-order valence-corrected chi connectivity index (χ1v) is 8.16. The van der Waals surface area contributed by atoms with Crippen LogP contribution in [0.4, 0.5) is 5.82 Å². The van der Waals surface area contributed by atoms with Gasteiger partial charge in [-0.15, -0.1) is 0 Å². The minimum Gasteiger partial charge on any atom is -0.387 e. The molecule has 0 amide bonds. The van der Waals surface area contributed by atoms with Crippen molar-refractivity contribution >= 4 is 25.4 Å². The third kappa shape index (κ3) is 3.06. The third-order valence-corrected chi connectivity index (χ3v) is 3.95. The molecule has 0 aromatic carbocycles. The van der Waals surface area contributed by atoms with Crippen molar-refractivity contribution in [2.75, 3.05) is 19.2 Å². The van der Waals surface area contributed by atoms with Gasteiger partial charge in [-0.25, -0.2) is 15.0 Å². The molecule has 0 bridgehead atoms. The van der Waals surface area contributed by atoms with E-state index in [0.29, 0.717) is 11.2 Å². The Labute approximate surface area is 136 Å². The standard InChI is InChI=1S/C11H16N5O7P/c1-20-7-6(18)11(22-23-24(19)4-17)21-10(7)16-3-15-5-8(12)13-2-14-9(5)16/h2-3,6-7,10-11,17-19H,4H2,1H3,(H2,12,13,14)/t6-,7?,10-,11-,24?/m1/s1. The van der Waals surface area contributed by atoms with Gasteiger partial charge in [-0.1, -0.05) is 0 Å². The van der Waals surface area contributed by atoms with E-state index in [1.165, 1.54) is 24.3 Å². The first kappa shape index (κ1) is 17.3. The zero-order valence-electron chi connectivity index (χ0n) is 12.5. The summed E-state index contributed by atoms with van der Waals surface area (Å²) in [5, 5.41) is 19.0. The van der Waals surface area contributed by atoms with Crippen molar-refractivity contribution in [3.05, 3.63) is 12.7 Å². The fraction of sp³-hybridized carbons (Fsp3) is 0.545. The Balaban J connectivity index is 1.85. The maximum atomic E-state index is 10.2. The van der Waals surface area contributed by atoms with Crippen LogP contribution in [0.15, 0.2) is 12.7 Å². The molecule has 2 aromatic rings. The number of aliphatic hydroxyl groups excluding tert-OH is 2. The van der Waals surface area contributed by atoms with Crippen molar-refractivity contribution < 1.29 is 34.1 Å². The molecule has 2 aromatic heterocycles. The van der Waals surface area contributed by atoms with Crippen LogP contribution in [0, 0.1) is 0 Å². The first-order chi connectivity index (χ1) is 11.6. The number of imidazole rings is 1. The molecule has 1 aliphatic heterocycles. The zero-order valence-corrected chi connectivity index (χ0v) is 13.4. The Morgan fingerprint density at radius 2 is 2.21 bits per heavy atom. The number of anilines is 1. The highest BCUT2D eigenvalue weighted by Crippen LogP contribution is 2.37. The fourth-order valence-corrected chi connectivity index (χ4v) is 2.58. The molecular weight excluding hydrogens is 345 g/mol. The molecule has 24 heavy (non-hydrogen) atoms. The lowest BCUT2D eigenvalue weighted by Crippen LogP contribution is -2.34. The summed E-state index contributed by atoms with van der Waals surface area (Å²) in [5.74, 6) is 0.205. The highest BCUT2D eigenvalue weighted by Gasteiger charge is 2.47. The summed E-state index contributed by atoms with van der Waals surface area (Å²) < 4.78 is 16.9. The van der Waals surface area contributed by atoms with E-state index < -0.39 is 39.4 Å². The van der Waals surface area contributed by atoms with Crippen molar-refractivity contribution in [3.63, 3.8) is 0 Å². The number of nitrogen functional groups attached to an aromatic ring is 1. The Hall–Kier alpha value is -1.50. The summed E-state index contributed by atoms with van der Waals surface area (Å²) in [6.45, 7) is 0. The normalized spacial score (nSPS) is 28.5. The second-order valence-electron chi connectivity index (χ2n) is 4.83. The van der Waals surface area contributed by atoms with E-state index in [1.54, 1.807) is 0 Å². The Morgan fingerprint density at radius 3 is 2.92 bits per heavy atom. The maximum Gasteiger partial charge on any atom is 0.232 e. The number of nitrogens with two attached hydrogens (primary N) is 1. The fourth-order valence-electron chi connectivity index (χ4n) is 2.35. The van der Waals surface area contributed by atoms with Gasteiger partial charge in [0.1, 0.15) is 30.4 Å². The second kappa shape index (κ2) is 7.17. The van der Waals surface area contributed by atoms with E-state index >= 15 is 0 Å². The van der Waals surface area contributed by atoms with Gasteiger partial charge in [-0.05, 0) is 0 Å². The van der Waals surface area contributed by atoms with Crippen LogP contribution in [0.5, 0.6) is 0 Å². The molecule has 1 aliphatic rings. The quantitative estimate of drug-likeness (QED) is 0.278. The number of ether oxygens (including phenoxy) is 2. The van der Waals surface area contributed by atoms with Gasteiger partial charge < -0.3 is 30.3 Å². The molecule has 132 valence electrons. The lowest BCUT2D eigenvalue weighted by Gasteiger charge is -2.19. The van der Waals surface area contributed by atoms with E-state index in [-0.39, 0.29) is 5.82 Å². The minimum atomic E-state index is -2.18. The number of fused-ring (bicyclic) bond motifs is 1. The summed E-state index contributed by atoms with van der Waals surface area (Å²) in [5.41, 5.74) is 6.52. The number of aromatic nitrogens is 4. The molecule has 2 unspecified atom stereocenters. The number of nitrogens with zero attached hydrogens (tertiary/aromatic N) is 4. The predicted octanol–water partition coefficient (Wildman–Crippen LogP) is -1.16. The van der Waals surface area contributed by atoms with Gasteiger partial charge in [0.2, 0.25) is 14.7 Å². The molecular formula is C11H16N5O7P. The van der Waals surface area contributed by atoms with Crippen molar-refractivity contribution in [3.8, 4) is 0 Å². The van der Waals surface area contributed by atoms with Gasteiger partial charge >= 0.3 is 0 Å². The molecule has 1 saturated heterocycles. The van der Waals surface area contributed by atoms with Crippen LogP contribution in [0.25, 0.3) is 11.2 Å². The summed E-state index contributed by atoms with van der Waals surface area (Å²) in [7, 11) is -0.787. The van der Waals surface area contributed by atoms with Crippen LogP contribution in [0.3, 0.4) is 0 Å². The van der Waals surface area contributed by atoms with Gasteiger partial charge in [0.25, 0.3) is 0 Å². The molecule has 13 heteroatoms. The van der Waals surface area contributed by atoms with Crippen LogP contribution in [-0.2, 0) is 19.0 Å². The molecule has 0 spiro atoms. The summed E-state index contributed by atoms with van der Waals surface area (Å²) in [6, 6.07) is 0. The summed E-state index contributed by atoms with van der Waals surface area (Å²) in [4.78, 5) is 26.1. The average molecular weight is 361 g/mol. The topological polar surface area (TPSA) is 167 Å². The van der Waals surface area contributed by atoms with Crippen LogP contribution < -0.4 is 5.73 Å². The van der Waals surface area contributed by atoms with Gasteiger partial charge in [0, 0.05) is 7.11 Å². The molecule has 0 saturated carbocycles. The van der Waals surface area contributed by atoms with Gasteiger partial charge in [0.05, 0.1) is 6.33 Å². The van der Waals surface area contributed by atoms with Crippen LogP contribution >= 0.6 is 8.38 Å². The Morgan fingerprint density at radius 1 is 1.42 bits per heavy atom. The largest absolute Gasteiger partial charge is 0.387 e. The lowest BCUT2D eigenvalue weighted by molar-refractivity contribution is -0.332. The molecule has 3 rings (SSSR count). The zero-order chi connectivity index (χ0) is 17.3. The van der Waals surface area contributed by atoms with Crippen molar-refractivity contribution in [2.24, 2.45) is 0 Å². The van der Waals surface area contributed by atoms with Gasteiger partial charge in [-0.3, -0.25) is 4.57 Å². The van der Waals surface area contributed by atoms with Gasteiger partial charge in [-0.2, -0.15) is 9.56 Å². The maximum absolute atomic E-state index is 10.2. The van der Waals surface area contributed by atoms with Crippen LogP contribution in [-0.4, -0.2) is 66.6 Å². The molecule has 1 fully saturated rings. The number of hydrogen-bond donors (Lipinski definition) is 4. The van der Waals surface area contributed by atoms with Crippen LogP contribution in [0.2, 0.25) is 0 Å². The van der Waals surface area contributed by atoms with E-state index in [0.717, 1.165) is 0 Å². The van der Waals surface area contributed by atoms with E-state index in [9.17, 15) is 10.00 Å². The highest BCUT2D eigenvalue weighted by molar-refractivity contribution is 7.45. The Kier molecular flexibility index (Phi) is 5.18. The van der Waals surface area contributed by atoms with Crippen molar-refractivity contribution in [1.82, 2.24) is 19.5 Å². The highest BCUT2D eigenvalue weighted by atomic mass is 31.2. The van der Waals surface area contributed by atoms with E-state index in [1.807, 2.05) is 0 Å². The van der Waals surface area contributed by atoms with Crippen LogP contribution in [0.1, 0.15) is 6.23 Å². The summed E-state index contributed by atoms with van der Waals surface area (Å²) in [6.07, 6.45) is -2.05.